The van der Waals surface area contributed by atoms with E-state index >= 15 is 0 Å². The first-order valence-corrected chi connectivity index (χ1v) is 4.04. The minimum Gasteiger partial charge on any atom is -0.465 e. The van der Waals surface area contributed by atoms with E-state index in [1.165, 1.54) is 0 Å². The van der Waals surface area contributed by atoms with E-state index in [4.69, 9.17) is 9.90 Å². The molecule has 1 aliphatic heterocycles. The summed E-state index contributed by atoms with van der Waals surface area (Å²) < 4.78 is 0. The van der Waals surface area contributed by atoms with Crippen LogP contribution in [-0.2, 0) is 0 Å². The van der Waals surface area contributed by atoms with Crippen LogP contribution in [-0.4, -0.2) is 24.0 Å². The van der Waals surface area contributed by atoms with Crippen LogP contribution in [0.1, 0.15) is 0 Å². The van der Waals surface area contributed by atoms with E-state index < -0.39 is 6.09 Å². The molecule has 1 aliphatic rings. The molecule has 0 unspecified atom stereocenters. The molecule has 1 aromatic carbocycles. The molecule has 0 bridgehead atoms. The molecule has 14 heavy (non-hydrogen) atoms. The molecular weight excluding hydrogens is 182 g/mol. The first kappa shape index (κ1) is 10.0. The van der Waals surface area contributed by atoms with Gasteiger partial charge in [0.25, 0.3) is 0 Å². The maximum Gasteiger partial charge on any atom is 0.402 e. The van der Waals surface area contributed by atoms with Gasteiger partial charge in [0, 0.05) is 6.21 Å². The summed E-state index contributed by atoms with van der Waals surface area (Å²) in [6, 6.07) is 8.03. The predicted octanol–water partition coefficient (Wildman–Crippen LogP) is 1.44. The topological polar surface area (TPSA) is 87.7 Å². The molecule has 1 heterocycles. The number of fused-ring (bicyclic) bond motifs is 1. The number of amides is 1. The number of hydrogen-bond acceptors (Lipinski definition) is 3. The third-order valence-electron chi connectivity index (χ3n) is 1.52. The number of para-hydroxylation sites is 2. The van der Waals surface area contributed by atoms with Gasteiger partial charge in [-0.3, -0.25) is 4.99 Å². The van der Waals surface area contributed by atoms with Crippen molar-refractivity contribution >= 4 is 23.7 Å². The number of carboxylic acid groups (broad SMARTS) is 1. The van der Waals surface area contributed by atoms with Crippen LogP contribution < -0.4 is 11.1 Å². The van der Waals surface area contributed by atoms with Gasteiger partial charge in [-0.15, -0.1) is 0 Å². The summed E-state index contributed by atoms with van der Waals surface area (Å²) in [5.74, 6) is 0. The second-order valence-electron chi connectivity index (χ2n) is 2.55. The highest BCUT2D eigenvalue weighted by molar-refractivity contribution is 5.80. The molecule has 0 saturated heterocycles. The van der Waals surface area contributed by atoms with Crippen LogP contribution in [0.3, 0.4) is 0 Å². The first-order chi connectivity index (χ1) is 6.70. The summed E-state index contributed by atoms with van der Waals surface area (Å²) in [5, 5.41) is 10.4. The maximum atomic E-state index is 8.78. The Labute approximate surface area is 81.3 Å². The molecule has 74 valence electrons. The zero-order valence-electron chi connectivity index (χ0n) is 7.47. The standard InChI is InChI=1S/C8H8N2.CH3NO2/c1-2-4-8-7(3-1)9-5-6-10-8;2-1(3)4/h1-5,10H,6H2;2H2,(H,3,4). The van der Waals surface area contributed by atoms with E-state index in [-0.39, 0.29) is 0 Å². The van der Waals surface area contributed by atoms with Gasteiger partial charge in [0.2, 0.25) is 0 Å². The highest BCUT2D eigenvalue weighted by Gasteiger charge is 2.00. The van der Waals surface area contributed by atoms with Crippen LogP contribution in [0.25, 0.3) is 0 Å². The smallest absolute Gasteiger partial charge is 0.402 e. The van der Waals surface area contributed by atoms with Crippen molar-refractivity contribution in [1.82, 2.24) is 0 Å². The Morgan fingerprint density at radius 2 is 2.14 bits per heavy atom. The van der Waals surface area contributed by atoms with Crippen molar-refractivity contribution < 1.29 is 9.90 Å². The largest absolute Gasteiger partial charge is 0.465 e. The van der Waals surface area contributed by atoms with Crippen LogP contribution in [0, 0.1) is 0 Å². The number of rotatable bonds is 0. The van der Waals surface area contributed by atoms with Crippen molar-refractivity contribution in [1.29, 1.82) is 0 Å². The van der Waals surface area contributed by atoms with Crippen LogP contribution in [0.15, 0.2) is 29.3 Å². The quantitative estimate of drug-likeness (QED) is 0.582. The Balaban J connectivity index is 0.000000213. The van der Waals surface area contributed by atoms with Gasteiger partial charge in [-0.2, -0.15) is 0 Å². The Bertz CT molecular complexity index is 346. The lowest BCUT2D eigenvalue weighted by molar-refractivity contribution is 0.205. The monoisotopic (exact) mass is 193 g/mol. The highest BCUT2D eigenvalue weighted by Crippen LogP contribution is 2.24. The fraction of sp³-hybridized carbons (Fsp3) is 0.111. The van der Waals surface area contributed by atoms with Crippen LogP contribution in [0.2, 0.25) is 0 Å². The van der Waals surface area contributed by atoms with Crippen LogP contribution in [0.4, 0.5) is 16.2 Å². The van der Waals surface area contributed by atoms with Gasteiger partial charge < -0.3 is 16.2 Å². The summed E-state index contributed by atoms with van der Waals surface area (Å²) in [6.45, 7) is 0.844. The Hall–Kier alpha value is -2.04. The molecule has 0 aliphatic carbocycles. The fourth-order valence-corrected chi connectivity index (χ4v) is 1.04. The van der Waals surface area contributed by atoms with Crippen LogP contribution >= 0.6 is 0 Å². The van der Waals surface area contributed by atoms with E-state index in [2.05, 4.69) is 16.0 Å². The number of aliphatic imine (C=N–C) groups is 1. The SMILES string of the molecule is C1=Nc2ccccc2NC1.NC(=O)O. The van der Waals surface area contributed by atoms with E-state index in [9.17, 15) is 0 Å². The van der Waals surface area contributed by atoms with E-state index in [1.54, 1.807) is 0 Å². The summed E-state index contributed by atoms with van der Waals surface area (Å²) in [5.41, 5.74) is 6.19. The second-order valence-corrected chi connectivity index (χ2v) is 2.55. The third-order valence-corrected chi connectivity index (χ3v) is 1.52. The molecule has 0 radical (unpaired) electrons. The van der Waals surface area contributed by atoms with Crippen molar-refractivity contribution in [2.24, 2.45) is 10.7 Å². The van der Waals surface area contributed by atoms with Crippen molar-refractivity contribution in [3.8, 4) is 0 Å². The average molecular weight is 193 g/mol. The second kappa shape index (κ2) is 4.86. The number of carbonyl (C=O) groups is 1. The third kappa shape index (κ3) is 3.14. The zero-order chi connectivity index (χ0) is 10.4. The van der Waals surface area contributed by atoms with Gasteiger partial charge in [0.15, 0.2) is 0 Å². The van der Waals surface area contributed by atoms with Gasteiger partial charge in [-0.05, 0) is 12.1 Å². The first-order valence-electron chi connectivity index (χ1n) is 4.04. The average Bonchev–Trinajstić information content (AvgIpc) is 2.17. The molecule has 2 rings (SSSR count). The maximum absolute atomic E-state index is 8.78. The summed E-state index contributed by atoms with van der Waals surface area (Å²) in [4.78, 5) is 13.0. The number of nitrogens with zero attached hydrogens (tertiary/aromatic N) is 1. The fourth-order valence-electron chi connectivity index (χ4n) is 1.04. The molecule has 1 aromatic rings. The summed E-state index contributed by atoms with van der Waals surface area (Å²) >= 11 is 0. The molecule has 5 nitrogen and oxygen atoms in total. The molecule has 0 aromatic heterocycles. The number of hydrogen-bond donors (Lipinski definition) is 3. The molecule has 0 saturated carbocycles. The summed E-state index contributed by atoms with van der Waals surface area (Å²) in [6.07, 6.45) is 0.544. The van der Waals surface area contributed by atoms with Crippen molar-refractivity contribution in [3.05, 3.63) is 24.3 Å². The number of anilines is 1. The number of nitrogens with one attached hydrogen (secondary N) is 1. The Morgan fingerprint density at radius 1 is 1.50 bits per heavy atom. The molecule has 4 N–H and O–H groups in total. The van der Waals surface area contributed by atoms with Gasteiger partial charge >= 0.3 is 6.09 Å². The molecule has 5 heteroatoms. The molecule has 0 fully saturated rings. The van der Waals surface area contributed by atoms with Crippen molar-refractivity contribution in [2.45, 2.75) is 0 Å². The number of primary amides is 1. The lowest BCUT2D eigenvalue weighted by Crippen LogP contribution is -2.05. The zero-order valence-corrected chi connectivity index (χ0v) is 7.47. The minimum absolute atomic E-state index is 0.844. The molecule has 0 spiro atoms. The van der Waals surface area contributed by atoms with Gasteiger partial charge in [0.1, 0.15) is 0 Å². The lowest BCUT2D eigenvalue weighted by Gasteiger charge is -2.10. The highest BCUT2D eigenvalue weighted by atomic mass is 16.4. The predicted molar refractivity (Wildman–Crippen MR) is 55.3 cm³/mol. The molecule has 1 amide bonds. The summed E-state index contributed by atoms with van der Waals surface area (Å²) in [7, 11) is 0. The van der Waals surface area contributed by atoms with E-state index in [0.717, 1.165) is 17.9 Å². The minimum atomic E-state index is -1.33. The van der Waals surface area contributed by atoms with Gasteiger partial charge in [0.05, 0.1) is 17.9 Å². The lowest BCUT2D eigenvalue weighted by atomic mass is 10.2. The van der Waals surface area contributed by atoms with Crippen molar-refractivity contribution in [3.63, 3.8) is 0 Å². The van der Waals surface area contributed by atoms with Crippen LogP contribution in [0.5, 0.6) is 0 Å². The number of nitrogens with two attached hydrogens (primary N) is 1. The molecular formula is C9H11N3O2. The normalized spacial score (nSPS) is 11.7. The number of benzene rings is 1. The van der Waals surface area contributed by atoms with E-state index in [1.807, 2.05) is 30.5 Å². The molecule has 0 atom stereocenters. The Morgan fingerprint density at radius 3 is 2.79 bits per heavy atom. The van der Waals surface area contributed by atoms with E-state index in [0.29, 0.717) is 0 Å². The Kier molecular flexibility index (Phi) is 3.49. The van der Waals surface area contributed by atoms with Crippen molar-refractivity contribution in [2.75, 3.05) is 11.9 Å². The van der Waals surface area contributed by atoms with Gasteiger partial charge in [-0.25, -0.2) is 4.79 Å². The van der Waals surface area contributed by atoms with Gasteiger partial charge in [-0.1, -0.05) is 12.1 Å².